The van der Waals surface area contributed by atoms with Gasteiger partial charge < -0.3 is 4.42 Å². The van der Waals surface area contributed by atoms with Gasteiger partial charge in [0.15, 0.2) is 17.0 Å². The summed E-state index contributed by atoms with van der Waals surface area (Å²) in [6, 6.07) is 11.9. The van der Waals surface area contributed by atoms with E-state index in [-0.39, 0.29) is 28.1 Å². The van der Waals surface area contributed by atoms with Gasteiger partial charge in [-0.2, -0.15) is 0 Å². The number of rotatable bonds is 1. The molecule has 1 aromatic heterocycles. The second-order valence-corrected chi connectivity index (χ2v) is 6.67. The van der Waals surface area contributed by atoms with E-state index in [2.05, 4.69) is 22.6 Å². The largest absolute Gasteiger partial charge is 0.463 e. The number of allylic oxidation sites excluding steroid dienone is 1. The van der Waals surface area contributed by atoms with Crippen LogP contribution in [0.15, 0.2) is 63.5 Å². The predicted octanol–water partition coefficient (Wildman–Crippen LogP) is 3.86. The van der Waals surface area contributed by atoms with Crippen molar-refractivity contribution < 1.29 is 14.0 Å². The van der Waals surface area contributed by atoms with Gasteiger partial charge in [-0.05, 0) is 46.9 Å². The summed E-state index contributed by atoms with van der Waals surface area (Å²) in [7, 11) is 0. The summed E-state index contributed by atoms with van der Waals surface area (Å²) in [5, 5.41) is 0.417. The molecule has 24 heavy (non-hydrogen) atoms. The minimum absolute atomic E-state index is 0.00615. The summed E-state index contributed by atoms with van der Waals surface area (Å²) in [5.74, 6) is -0.726. The average molecular weight is 428 g/mol. The molecule has 5 heteroatoms. The van der Waals surface area contributed by atoms with Crippen LogP contribution >= 0.6 is 22.6 Å². The van der Waals surface area contributed by atoms with Crippen LogP contribution in [0.25, 0.3) is 17.0 Å². The van der Waals surface area contributed by atoms with E-state index in [0.717, 1.165) is 3.57 Å². The first-order valence-corrected chi connectivity index (χ1v) is 8.25. The lowest BCUT2D eigenvalue weighted by molar-refractivity contribution is 0.0990. The first-order chi connectivity index (χ1) is 11.6. The first-order valence-electron chi connectivity index (χ1n) is 7.17. The minimum Gasteiger partial charge on any atom is -0.463 e. The SMILES string of the molecule is O=C1C(=Cc2coc3cc(I)ccc3c2=O)C(=O)c2ccccc21. The first kappa shape index (κ1) is 15.0. The van der Waals surface area contributed by atoms with Crippen LogP contribution in [-0.4, -0.2) is 11.6 Å². The van der Waals surface area contributed by atoms with E-state index in [1.807, 2.05) is 0 Å². The number of carbonyl (C=O) groups excluding carboxylic acids is 2. The quantitative estimate of drug-likeness (QED) is 0.336. The standard InChI is InChI=1S/C19H9IO4/c20-11-5-6-14-16(8-11)24-9-10(17(14)21)7-15-18(22)12-3-1-2-4-13(12)19(15)23/h1-9H. The summed E-state index contributed by atoms with van der Waals surface area (Å²) in [5.41, 5.74) is 1.13. The highest BCUT2D eigenvalue weighted by Crippen LogP contribution is 2.27. The van der Waals surface area contributed by atoms with Crippen molar-refractivity contribution in [2.75, 3.05) is 0 Å². The normalized spacial score (nSPS) is 13.5. The minimum atomic E-state index is -0.363. The lowest BCUT2D eigenvalue weighted by atomic mass is 10.1. The molecule has 0 aliphatic heterocycles. The molecule has 0 saturated carbocycles. The van der Waals surface area contributed by atoms with Crippen LogP contribution in [0.5, 0.6) is 0 Å². The highest BCUT2D eigenvalue weighted by Gasteiger charge is 2.32. The van der Waals surface area contributed by atoms with Gasteiger partial charge in [-0.25, -0.2) is 0 Å². The van der Waals surface area contributed by atoms with Crippen LogP contribution in [0.3, 0.4) is 0 Å². The Bertz CT molecular complexity index is 1080. The zero-order chi connectivity index (χ0) is 16.8. The number of carbonyl (C=O) groups is 2. The molecule has 0 saturated heterocycles. The summed E-state index contributed by atoms with van der Waals surface area (Å²) in [6.45, 7) is 0. The highest BCUT2D eigenvalue weighted by atomic mass is 127. The number of halogens is 1. The Morgan fingerprint density at radius 1 is 0.917 bits per heavy atom. The topological polar surface area (TPSA) is 64.3 Å². The van der Waals surface area contributed by atoms with E-state index in [0.29, 0.717) is 22.1 Å². The molecule has 3 aromatic rings. The highest BCUT2D eigenvalue weighted by molar-refractivity contribution is 14.1. The van der Waals surface area contributed by atoms with Crippen LogP contribution in [0.1, 0.15) is 26.3 Å². The van der Waals surface area contributed by atoms with Crippen LogP contribution in [0.2, 0.25) is 0 Å². The van der Waals surface area contributed by atoms with Crippen molar-refractivity contribution in [1.29, 1.82) is 0 Å². The second-order valence-electron chi connectivity index (χ2n) is 5.42. The van der Waals surface area contributed by atoms with E-state index in [9.17, 15) is 14.4 Å². The van der Waals surface area contributed by atoms with Gasteiger partial charge in [-0.15, -0.1) is 0 Å². The molecule has 1 aliphatic rings. The van der Waals surface area contributed by atoms with Gasteiger partial charge in [0.25, 0.3) is 0 Å². The molecule has 0 amide bonds. The number of benzene rings is 2. The molecule has 1 heterocycles. The van der Waals surface area contributed by atoms with Gasteiger partial charge in [0, 0.05) is 14.7 Å². The predicted molar refractivity (Wildman–Crippen MR) is 98.3 cm³/mol. The van der Waals surface area contributed by atoms with Crippen molar-refractivity contribution in [2.45, 2.75) is 0 Å². The third-order valence-corrected chi connectivity index (χ3v) is 4.64. The zero-order valence-electron chi connectivity index (χ0n) is 12.2. The van der Waals surface area contributed by atoms with Crippen molar-refractivity contribution in [3.8, 4) is 0 Å². The molecule has 0 atom stereocenters. The Morgan fingerprint density at radius 3 is 2.25 bits per heavy atom. The molecule has 0 bridgehead atoms. The zero-order valence-corrected chi connectivity index (χ0v) is 14.4. The average Bonchev–Trinajstić information content (AvgIpc) is 2.82. The van der Waals surface area contributed by atoms with E-state index < -0.39 is 0 Å². The smallest absolute Gasteiger partial charge is 0.199 e. The van der Waals surface area contributed by atoms with Crippen LogP contribution in [0, 0.1) is 3.57 Å². The van der Waals surface area contributed by atoms with Crippen molar-refractivity contribution >= 4 is 51.2 Å². The molecule has 0 N–H and O–H groups in total. The Kier molecular flexibility index (Phi) is 3.45. The van der Waals surface area contributed by atoms with Crippen molar-refractivity contribution in [2.24, 2.45) is 0 Å². The maximum Gasteiger partial charge on any atom is 0.199 e. The number of ketones is 2. The Morgan fingerprint density at radius 2 is 1.58 bits per heavy atom. The summed E-state index contributed by atoms with van der Waals surface area (Å²) < 4.78 is 6.44. The van der Waals surface area contributed by atoms with E-state index in [1.165, 1.54) is 12.3 Å². The molecule has 2 aromatic carbocycles. The molecule has 0 fully saturated rings. The molecule has 116 valence electrons. The lowest BCUT2D eigenvalue weighted by Crippen LogP contribution is -2.08. The molecular formula is C19H9IO4. The van der Waals surface area contributed by atoms with E-state index >= 15 is 0 Å². The van der Waals surface area contributed by atoms with Crippen LogP contribution in [-0.2, 0) is 0 Å². The van der Waals surface area contributed by atoms with Crippen molar-refractivity contribution in [1.82, 2.24) is 0 Å². The Labute approximate surface area is 149 Å². The van der Waals surface area contributed by atoms with Crippen molar-refractivity contribution in [3.63, 3.8) is 0 Å². The number of hydrogen-bond acceptors (Lipinski definition) is 4. The Hall–Kier alpha value is -2.54. The van der Waals surface area contributed by atoms with Gasteiger partial charge >= 0.3 is 0 Å². The number of Topliss-reactive ketones (excluding diaryl/α,β-unsaturated/α-hetero) is 2. The van der Waals surface area contributed by atoms with Gasteiger partial charge in [-0.1, -0.05) is 24.3 Å². The fourth-order valence-corrected chi connectivity index (χ4v) is 3.24. The molecule has 4 nitrogen and oxygen atoms in total. The summed E-state index contributed by atoms with van der Waals surface area (Å²) in [6.07, 6.45) is 2.62. The fraction of sp³-hybridized carbons (Fsp3) is 0. The number of fused-ring (bicyclic) bond motifs is 2. The number of hydrogen-bond donors (Lipinski definition) is 0. The third kappa shape index (κ3) is 2.24. The fourth-order valence-electron chi connectivity index (χ4n) is 2.78. The monoisotopic (exact) mass is 428 g/mol. The molecule has 1 aliphatic carbocycles. The lowest BCUT2D eigenvalue weighted by Gasteiger charge is -2.00. The molecular weight excluding hydrogens is 419 g/mol. The van der Waals surface area contributed by atoms with E-state index in [4.69, 9.17) is 4.42 Å². The molecule has 0 spiro atoms. The second kappa shape index (κ2) is 5.52. The van der Waals surface area contributed by atoms with Crippen LogP contribution in [0.4, 0.5) is 0 Å². The maximum atomic E-state index is 12.6. The third-order valence-electron chi connectivity index (χ3n) is 3.97. The van der Waals surface area contributed by atoms with Gasteiger partial charge in [0.2, 0.25) is 0 Å². The van der Waals surface area contributed by atoms with Gasteiger partial charge in [-0.3, -0.25) is 14.4 Å². The molecule has 0 radical (unpaired) electrons. The van der Waals surface area contributed by atoms with Crippen LogP contribution < -0.4 is 5.43 Å². The summed E-state index contributed by atoms with van der Waals surface area (Å²) in [4.78, 5) is 37.4. The maximum absolute atomic E-state index is 12.6. The molecule has 4 rings (SSSR count). The Balaban J connectivity index is 1.88. The summed E-state index contributed by atoms with van der Waals surface area (Å²) >= 11 is 2.13. The van der Waals surface area contributed by atoms with Gasteiger partial charge in [0.1, 0.15) is 11.8 Å². The van der Waals surface area contributed by atoms with Crippen molar-refractivity contribution in [3.05, 3.63) is 84.8 Å². The van der Waals surface area contributed by atoms with E-state index in [1.54, 1.807) is 42.5 Å². The van der Waals surface area contributed by atoms with Gasteiger partial charge in [0.05, 0.1) is 16.5 Å². The molecule has 0 unspecified atom stereocenters.